The van der Waals surface area contributed by atoms with Crippen molar-refractivity contribution >= 4 is 17.7 Å². The zero-order valence-corrected chi connectivity index (χ0v) is 19.6. The molecule has 0 saturated heterocycles. The Kier molecular flexibility index (Phi) is 8.19. The van der Waals surface area contributed by atoms with Gasteiger partial charge in [-0.3, -0.25) is 0 Å². The lowest BCUT2D eigenvalue weighted by molar-refractivity contribution is 0.0734. The lowest BCUT2D eigenvalue weighted by atomic mass is 10.1. The number of esters is 1. The van der Waals surface area contributed by atoms with Crippen LogP contribution in [0.15, 0.2) is 60.0 Å². The number of carbonyl (C=O) groups is 1. The van der Waals surface area contributed by atoms with Gasteiger partial charge in [0.2, 0.25) is 6.79 Å². The molecular formula is C26H28N2O4S. The predicted octanol–water partition coefficient (Wildman–Crippen LogP) is 6.54. The fourth-order valence-corrected chi connectivity index (χ4v) is 4.28. The van der Waals surface area contributed by atoms with E-state index < -0.39 is 5.97 Å². The summed E-state index contributed by atoms with van der Waals surface area (Å²) in [5.74, 6) is 2.25. The van der Waals surface area contributed by atoms with E-state index in [0.717, 1.165) is 22.0 Å². The van der Waals surface area contributed by atoms with E-state index in [1.807, 2.05) is 24.5 Å². The minimum Gasteiger partial charge on any atom is -0.454 e. The van der Waals surface area contributed by atoms with E-state index in [0.29, 0.717) is 22.8 Å². The van der Waals surface area contributed by atoms with Crippen LogP contribution >= 0.6 is 11.8 Å². The molecule has 1 aliphatic rings. The van der Waals surface area contributed by atoms with Crippen molar-refractivity contribution < 1.29 is 19.0 Å². The van der Waals surface area contributed by atoms with E-state index in [2.05, 4.69) is 16.9 Å². The molecule has 3 aromatic rings. The van der Waals surface area contributed by atoms with Gasteiger partial charge in [-0.15, -0.1) is 0 Å². The summed E-state index contributed by atoms with van der Waals surface area (Å²) in [7, 11) is 0. The van der Waals surface area contributed by atoms with Crippen molar-refractivity contribution in [1.82, 2.24) is 9.97 Å². The van der Waals surface area contributed by atoms with Crippen LogP contribution in [0.2, 0.25) is 0 Å². The van der Waals surface area contributed by atoms with Crippen molar-refractivity contribution in [2.24, 2.45) is 0 Å². The Morgan fingerprint density at radius 2 is 1.64 bits per heavy atom. The van der Waals surface area contributed by atoms with Crippen molar-refractivity contribution in [1.29, 1.82) is 0 Å². The zero-order valence-electron chi connectivity index (χ0n) is 18.8. The van der Waals surface area contributed by atoms with Gasteiger partial charge in [0.1, 0.15) is 5.75 Å². The SMILES string of the molecule is CCCCCCCCSc1ncc(-c2ccc(OC(=O)c3ccc4c(c3)OCO4)cc2)cn1. The molecule has 0 spiro atoms. The highest BCUT2D eigenvalue weighted by molar-refractivity contribution is 7.99. The Hall–Kier alpha value is -3.06. The molecule has 0 bridgehead atoms. The van der Waals surface area contributed by atoms with Gasteiger partial charge in [0.25, 0.3) is 0 Å². The van der Waals surface area contributed by atoms with Gasteiger partial charge < -0.3 is 14.2 Å². The summed E-state index contributed by atoms with van der Waals surface area (Å²) in [5, 5.41) is 0.807. The van der Waals surface area contributed by atoms with Crippen molar-refractivity contribution in [2.75, 3.05) is 12.5 Å². The number of rotatable bonds is 11. The van der Waals surface area contributed by atoms with Crippen LogP contribution in [-0.4, -0.2) is 28.5 Å². The summed E-state index contributed by atoms with van der Waals surface area (Å²) in [6, 6.07) is 12.3. The van der Waals surface area contributed by atoms with E-state index >= 15 is 0 Å². The number of nitrogens with zero attached hydrogens (tertiary/aromatic N) is 2. The minimum atomic E-state index is -0.448. The summed E-state index contributed by atoms with van der Waals surface area (Å²) < 4.78 is 16.1. The van der Waals surface area contributed by atoms with E-state index in [1.54, 1.807) is 42.1 Å². The molecule has 1 aromatic heterocycles. The highest BCUT2D eigenvalue weighted by Gasteiger charge is 2.17. The van der Waals surface area contributed by atoms with Crippen molar-refractivity contribution in [3.05, 3.63) is 60.4 Å². The van der Waals surface area contributed by atoms with Crippen LogP contribution in [-0.2, 0) is 0 Å². The molecule has 0 unspecified atom stereocenters. The molecule has 0 N–H and O–H groups in total. The number of hydrogen-bond donors (Lipinski definition) is 0. The second-order valence-corrected chi connectivity index (χ2v) is 8.91. The van der Waals surface area contributed by atoms with Crippen LogP contribution in [0.5, 0.6) is 17.2 Å². The maximum Gasteiger partial charge on any atom is 0.343 e. The number of ether oxygens (including phenoxy) is 3. The van der Waals surface area contributed by atoms with Crippen LogP contribution in [0, 0.1) is 0 Å². The first-order valence-electron chi connectivity index (χ1n) is 11.4. The molecule has 0 fully saturated rings. The van der Waals surface area contributed by atoms with E-state index in [4.69, 9.17) is 14.2 Å². The summed E-state index contributed by atoms with van der Waals surface area (Å²) in [5.41, 5.74) is 2.30. The molecule has 2 heterocycles. The smallest absolute Gasteiger partial charge is 0.343 e. The van der Waals surface area contributed by atoms with Crippen LogP contribution in [0.4, 0.5) is 0 Å². The third kappa shape index (κ3) is 6.48. The number of thioether (sulfide) groups is 1. The lowest BCUT2D eigenvalue weighted by Gasteiger charge is -2.07. The fraction of sp³-hybridized carbons (Fsp3) is 0.346. The first-order valence-corrected chi connectivity index (χ1v) is 12.4. The predicted molar refractivity (Wildman–Crippen MR) is 129 cm³/mol. The van der Waals surface area contributed by atoms with Gasteiger partial charge in [-0.2, -0.15) is 0 Å². The number of aromatic nitrogens is 2. The maximum atomic E-state index is 12.4. The van der Waals surface area contributed by atoms with Gasteiger partial charge in [-0.05, 0) is 42.3 Å². The van der Waals surface area contributed by atoms with Crippen molar-refractivity contribution in [3.8, 4) is 28.4 Å². The first-order chi connectivity index (χ1) is 16.2. The highest BCUT2D eigenvalue weighted by Crippen LogP contribution is 2.33. The Labute approximate surface area is 198 Å². The largest absolute Gasteiger partial charge is 0.454 e. The Balaban J connectivity index is 1.27. The third-order valence-corrected chi connectivity index (χ3v) is 6.33. The summed E-state index contributed by atoms with van der Waals surface area (Å²) in [4.78, 5) is 21.4. The van der Waals surface area contributed by atoms with Gasteiger partial charge in [-0.1, -0.05) is 62.9 Å². The van der Waals surface area contributed by atoms with Crippen molar-refractivity contribution in [2.45, 2.75) is 50.6 Å². The lowest BCUT2D eigenvalue weighted by Crippen LogP contribution is -2.08. The second kappa shape index (κ2) is 11.7. The molecule has 33 heavy (non-hydrogen) atoms. The quantitative estimate of drug-likeness (QED) is 0.105. The maximum absolute atomic E-state index is 12.4. The number of fused-ring (bicyclic) bond motifs is 1. The van der Waals surface area contributed by atoms with E-state index in [1.165, 1.54) is 38.5 Å². The highest BCUT2D eigenvalue weighted by atomic mass is 32.2. The Morgan fingerprint density at radius 3 is 2.42 bits per heavy atom. The molecule has 0 radical (unpaired) electrons. The molecule has 6 nitrogen and oxygen atoms in total. The molecule has 4 rings (SSSR count). The molecule has 0 aliphatic carbocycles. The minimum absolute atomic E-state index is 0.164. The van der Waals surface area contributed by atoms with Gasteiger partial charge in [-0.25, -0.2) is 14.8 Å². The van der Waals surface area contributed by atoms with Gasteiger partial charge >= 0.3 is 5.97 Å². The van der Waals surface area contributed by atoms with Crippen LogP contribution in [0.1, 0.15) is 55.8 Å². The average molecular weight is 465 g/mol. The van der Waals surface area contributed by atoms with E-state index in [9.17, 15) is 4.79 Å². The number of carbonyl (C=O) groups excluding carboxylic acids is 1. The molecule has 1 aliphatic heterocycles. The number of benzene rings is 2. The fourth-order valence-electron chi connectivity index (χ4n) is 3.49. The number of unbranched alkanes of at least 4 members (excludes halogenated alkanes) is 5. The molecule has 2 aromatic carbocycles. The first kappa shape index (κ1) is 23.1. The molecule has 0 atom stereocenters. The molecule has 7 heteroatoms. The number of hydrogen-bond acceptors (Lipinski definition) is 7. The Bertz CT molecular complexity index is 1050. The van der Waals surface area contributed by atoms with Crippen LogP contribution in [0.3, 0.4) is 0 Å². The summed E-state index contributed by atoms with van der Waals surface area (Å²) in [6.07, 6.45) is 11.4. The molecule has 0 saturated carbocycles. The standard InChI is InChI=1S/C26H28N2O4S/c1-2-3-4-5-6-7-14-33-26-27-16-21(17-28-26)19-8-11-22(12-9-19)32-25(29)20-10-13-23-24(15-20)31-18-30-23/h8-13,15-17H,2-7,14,18H2,1H3. The van der Waals surface area contributed by atoms with Crippen LogP contribution < -0.4 is 14.2 Å². The van der Waals surface area contributed by atoms with Gasteiger partial charge in [0.05, 0.1) is 5.56 Å². The van der Waals surface area contributed by atoms with E-state index in [-0.39, 0.29) is 6.79 Å². The van der Waals surface area contributed by atoms with Gasteiger partial charge in [0, 0.05) is 23.7 Å². The normalized spacial score (nSPS) is 12.0. The monoisotopic (exact) mass is 464 g/mol. The average Bonchev–Trinajstić information content (AvgIpc) is 3.32. The Morgan fingerprint density at radius 1 is 0.909 bits per heavy atom. The molecular weight excluding hydrogens is 436 g/mol. The molecule has 0 amide bonds. The van der Waals surface area contributed by atoms with Gasteiger partial charge in [0.15, 0.2) is 16.7 Å². The second-order valence-electron chi connectivity index (χ2n) is 7.85. The third-order valence-electron chi connectivity index (χ3n) is 5.36. The summed E-state index contributed by atoms with van der Waals surface area (Å²) in [6.45, 7) is 2.40. The zero-order chi connectivity index (χ0) is 22.9. The van der Waals surface area contributed by atoms with Crippen LogP contribution in [0.25, 0.3) is 11.1 Å². The molecule has 172 valence electrons. The summed E-state index contributed by atoms with van der Waals surface area (Å²) >= 11 is 1.71. The topological polar surface area (TPSA) is 70.5 Å². The van der Waals surface area contributed by atoms with Crippen molar-refractivity contribution in [3.63, 3.8) is 0 Å².